The van der Waals surface area contributed by atoms with Crippen molar-refractivity contribution >= 4 is 25.8 Å². The summed E-state index contributed by atoms with van der Waals surface area (Å²) < 4.78 is 26.0. The summed E-state index contributed by atoms with van der Waals surface area (Å²) in [4.78, 5) is 0.423. The van der Waals surface area contributed by atoms with Crippen molar-refractivity contribution in [3.05, 3.63) is 28.7 Å². The maximum absolute atomic E-state index is 12.5. The van der Waals surface area contributed by atoms with Crippen LogP contribution in [-0.2, 0) is 9.84 Å². The first-order chi connectivity index (χ1) is 8.83. The normalized spacial score (nSPS) is 33.8. The van der Waals surface area contributed by atoms with E-state index in [4.69, 9.17) is 5.73 Å². The predicted octanol–water partition coefficient (Wildman–Crippen LogP) is 2.88. The van der Waals surface area contributed by atoms with Crippen LogP contribution in [0.2, 0.25) is 0 Å². The van der Waals surface area contributed by atoms with E-state index in [0.29, 0.717) is 4.90 Å². The van der Waals surface area contributed by atoms with E-state index in [1.165, 1.54) is 0 Å². The Morgan fingerprint density at radius 3 is 2.16 bits per heavy atom. The van der Waals surface area contributed by atoms with Crippen molar-refractivity contribution in [3.8, 4) is 0 Å². The Bertz CT molecular complexity index is 586. The van der Waals surface area contributed by atoms with E-state index in [2.05, 4.69) is 15.9 Å². The summed E-state index contributed by atoms with van der Waals surface area (Å²) in [6.07, 6.45) is 4.74. The predicted molar refractivity (Wildman–Crippen MR) is 78.6 cm³/mol. The van der Waals surface area contributed by atoms with E-state index in [0.717, 1.165) is 36.6 Å². The summed E-state index contributed by atoms with van der Waals surface area (Å²) in [6.45, 7) is 0. The van der Waals surface area contributed by atoms with Gasteiger partial charge in [0, 0.05) is 10.0 Å². The minimum atomic E-state index is -3.21. The number of fused-ring (bicyclic) bond motifs is 2. The lowest BCUT2D eigenvalue weighted by Gasteiger charge is -2.26. The highest BCUT2D eigenvalue weighted by atomic mass is 79.9. The molecule has 3 nitrogen and oxygen atoms in total. The van der Waals surface area contributed by atoms with Crippen LogP contribution in [0.5, 0.6) is 0 Å². The van der Waals surface area contributed by atoms with Crippen molar-refractivity contribution < 1.29 is 8.42 Å². The smallest absolute Gasteiger partial charge is 0.178 e. The third-order valence-corrected chi connectivity index (χ3v) is 7.21. The maximum atomic E-state index is 12.5. The second-order valence-corrected chi connectivity index (χ2v) is 9.16. The van der Waals surface area contributed by atoms with Crippen LogP contribution in [-0.4, -0.2) is 19.7 Å². The van der Waals surface area contributed by atoms with Gasteiger partial charge in [0.2, 0.25) is 0 Å². The van der Waals surface area contributed by atoms with Gasteiger partial charge in [-0.1, -0.05) is 15.9 Å². The number of hydrogen-bond donors (Lipinski definition) is 1. The summed E-state index contributed by atoms with van der Waals surface area (Å²) in [5.74, 6) is 0.251. The van der Waals surface area contributed by atoms with Crippen molar-refractivity contribution in [3.63, 3.8) is 0 Å². The molecule has 0 radical (unpaired) electrons. The standard InChI is InChI=1S/C14H18BrNO2S/c15-11-1-3-12(4-2-11)19(17,18)10-13-5-7-14(16,9-13)8-6-13/h1-4H,5-10,16H2. The Morgan fingerprint density at radius 2 is 1.68 bits per heavy atom. The lowest BCUT2D eigenvalue weighted by molar-refractivity contribution is 0.329. The zero-order valence-corrected chi connectivity index (χ0v) is 13.1. The summed E-state index contributed by atoms with van der Waals surface area (Å²) in [6, 6.07) is 6.91. The lowest BCUT2D eigenvalue weighted by Crippen LogP contribution is -2.33. The average Bonchev–Trinajstić information content (AvgIpc) is 2.82. The highest BCUT2D eigenvalue weighted by molar-refractivity contribution is 9.10. The molecule has 104 valence electrons. The van der Waals surface area contributed by atoms with E-state index in [1.54, 1.807) is 24.3 Å². The number of halogens is 1. The second kappa shape index (κ2) is 4.30. The summed E-state index contributed by atoms with van der Waals surface area (Å²) in [7, 11) is -3.21. The fourth-order valence-corrected chi connectivity index (χ4v) is 5.88. The van der Waals surface area contributed by atoms with Crippen molar-refractivity contribution in [2.45, 2.75) is 42.5 Å². The fraction of sp³-hybridized carbons (Fsp3) is 0.571. The van der Waals surface area contributed by atoms with Gasteiger partial charge in [-0.2, -0.15) is 0 Å². The van der Waals surface area contributed by atoms with Gasteiger partial charge in [0.25, 0.3) is 0 Å². The van der Waals surface area contributed by atoms with Crippen LogP contribution in [0.15, 0.2) is 33.6 Å². The molecular weight excluding hydrogens is 326 g/mol. The van der Waals surface area contributed by atoms with Gasteiger partial charge in [-0.15, -0.1) is 0 Å². The van der Waals surface area contributed by atoms with E-state index in [-0.39, 0.29) is 16.7 Å². The number of hydrogen-bond acceptors (Lipinski definition) is 3. The molecule has 2 fully saturated rings. The van der Waals surface area contributed by atoms with Gasteiger partial charge in [-0.05, 0) is 61.8 Å². The molecule has 0 spiro atoms. The number of nitrogens with two attached hydrogens (primary N) is 1. The number of sulfone groups is 1. The molecule has 0 aliphatic heterocycles. The fourth-order valence-electron chi connectivity index (χ4n) is 3.70. The van der Waals surface area contributed by atoms with E-state index in [1.807, 2.05) is 0 Å². The minimum absolute atomic E-state index is 0.0688. The molecule has 2 bridgehead atoms. The molecule has 0 amide bonds. The molecule has 19 heavy (non-hydrogen) atoms. The Hall–Kier alpha value is -0.390. The van der Waals surface area contributed by atoms with Gasteiger partial charge in [0.15, 0.2) is 9.84 Å². The Labute approximate surface area is 122 Å². The average molecular weight is 344 g/mol. The highest BCUT2D eigenvalue weighted by Crippen LogP contribution is 2.56. The van der Waals surface area contributed by atoms with Gasteiger partial charge in [-0.3, -0.25) is 0 Å². The Balaban J connectivity index is 1.85. The molecule has 0 atom stereocenters. The van der Waals surface area contributed by atoms with Gasteiger partial charge < -0.3 is 5.73 Å². The van der Waals surface area contributed by atoms with E-state index < -0.39 is 9.84 Å². The van der Waals surface area contributed by atoms with Crippen LogP contribution in [0.4, 0.5) is 0 Å². The van der Waals surface area contributed by atoms with Crippen LogP contribution in [0.3, 0.4) is 0 Å². The van der Waals surface area contributed by atoms with Gasteiger partial charge in [0.1, 0.15) is 0 Å². The molecule has 2 N–H and O–H groups in total. The van der Waals surface area contributed by atoms with E-state index in [9.17, 15) is 8.42 Å². The molecule has 2 saturated carbocycles. The quantitative estimate of drug-likeness (QED) is 0.917. The molecule has 1 aromatic rings. The van der Waals surface area contributed by atoms with Crippen LogP contribution >= 0.6 is 15.9 Å². The number of rotatable bonds is 3. The Kier molecular flexibility index (Phi) is 3.08. The second-order valence-electron chi connectivity index (χ2n) is 6.25. The molecular formula is C14H18BrNO2S. The number of benzene rings is 1. The van der Waals surface area contributed by atoms with Gasteiger partial charge in [0.05, 0.1) is 10.6 Å². The van der Waals surface area contributed by atoms with E-state index >= 15 is 0 Å². The van der Waals surface area contributed by atoms with Crippen molar-refractivity contribution in [1.82, 2.24) is 0 Å². The largest absolute Gasteiger partial charge is 0.325 e. The first-order valence-corrected chi connectivity index (χ1v) is 9.05. The first kappa shape index (κ1) is 13.6. The summed E-state index contributed by atoms with van der Waals surface area (Å²) in [5.41, 5.74) is 6.10. The molecule has 0 heterocycles. The first-order valence-electron chi connectivity index (χ1n) is 6.60. The van der Waals surface area contributed by atoms with Crippen molar-refractivity contribution in [2.24, 2.45) is 11.1 Å². The minimum Gasteiger partial charge on any atom is -0.325 e. The Morgan fingerprint density at radius 1 is 1.11 bits per heavy atom. The van der Waals surface area contributed by atoms with Gasteiger partial charge >= 0.3 is 0 Å². The SMILES string of the molecule is NC12CCC(CS(=O)(=O)c3ccc(Br)cc3)(CC1)C2. The molecule has 5 heteroatoms. The molecule has 2 aliphatic rings. The zero-order chi connectivity index (χ0) is 13.7. The summed E-state index contributed by atoms with van der Waals surface area (Å²) >= 11 is 3.33. The third-order valence-electron chi connectivity index (χ3n) is 4.70. The van der Waals surface area contributed by atoms with Crippen molar-refractivity contribution in [1.29, 1.82) is 0 Å². The van der Waals surface area contributed by atoms with Gasteiger partial charge in [-0.25, -0.2) is 8.42 Å². The zero-order valence-electron chi connectivity index (χ0n) is 10.7. The topological polar surface area (TPSA) is 60.2 Å². The van der Waals surface area contributed by atoms with Crippen LogP contribution in [0, 0.1) is 5.41 Å². The molecule has 0 saturated heterocycles. The molecule has 0 unspecified atom stereocenters. The highest BCUT2D eigenvalue weighted by Gasteiger charge is 2.53. The third kappa shape index (κ3) is 2.48. The summed E-state index contributed by atoms with van der Waals surface area (Å²) in [5, 5.41) is 0. The lowest BCUT2D eigenvalue weighted by atomic mass is 9.86. The molecule has 3 rings (SSSR count). The van der Waals surface area contributed by atoms with Crippen LogP contribution < -0.4 is 5.73 Å². The molecule has 1 aromatic carbocycles. The van der Waals surface area contributed by atoms with Crippen LogP contribution in [0.25, 0.3) is 0 Å². The van der Waals surface area contributed by atoms with Crippen LogP contribution in [0.1, 0.15) is 32.1 Å². The molecule has 2 aliphatic carbocycles. The maximum Gasteiger partial charge on any atom is 0.178 e. The monoisotopic (exact) mass is 343 g/mol. The molecule has 0 aromatic heterocycles. The van der Waals surface area contributed by atoms with Crippen molar-refractivity contribution in [2.75, 3.05) is 5.75 Å².